The number of carbonyl (C=O) groups is 2. The normalized spacial score (nSPS) is 10.1. The van der Waals surface area contributed by atoms with Gasteiger partial charge in [0.25, 0.3) is 0 Å². The number of amides is 2. The van der Waals surface area contributed by atoms with Gasteiger partial charge in [0, 0.05) is 57.0 Å². The van der Waals surface area contributed by atoms with Crippen molar-refractivity contribution in [3.8, 4) is 11.1 Å². The van der Waals surface area contributed by atoms with E-state index in [4.69, 9.17) is 10.0 Å². The van der Waals surface area contributed by atoms with E-state index < -0.39 is 7.12 Å². The van der Waals surface area contributed by atoms with Crippen LogP contribution in [0.25, 0.3) is 33.2 Å². The molecule has 0 radical (unpaired) electrons. The van der Waals surface area contributed by atoms with E-state index in [1.807, 2.05) is 61.1 Å². The second-order valence-electron chi connectivity index (χ2n) is 9.18. The van der Waals surface area contributed by atoms with E-state index in [0.29, 0.717) is 11.2 Å². The fourth-order valence-electron chi connectivity index (χ4n) is 3.95. The average Bonchev–Trinajstić information content (AvgIpc) is 3.71. The number of benzene rings is 2. The summed E-state index contributed by atoms with van der Waals surface area (Å²) in [6.45, 7) is 6.74. The molecule has 6 rings (SSSR count). The topological polar surface area (TPSA) is 156 Å². The van der Waals surface area contributed by atoms with Gasteiger partial charge >= 0.3 is 7.12 Å². The van der Waals surface area contributed by atoms with Crippen molar-refractivity contribution in [2.45, 2.75) is 0 Å². The minimum atomic E-state index is -1.53. The van der Waals surface area contributed by atoms with Crippen molar-refractivity contribution >= 4 is 73.8 Å². The first kappa shape index (κ1) is 31.6. The highest BCUT2D eigenvalue weighted by Gasteiger charge is 2.11. The Bertz CT molecular complexity index is 1920. The third-order valence-electron chi connectivity index (χ3n) is 6.05. The monoisotopic (exact) mass is 650 g/mol. The van der Waals surface area contributed by atoms with Crippen LogP contribution in [0.5, 0.6) is 0 Å². The van der Waals surface area contributed by atoms with Crippen LogP contribution < -0.4 is 16.1 Å². The number of H-pyrrole nitrogens is 2. The first-order chi connectivity index (χ1) is 21.2. The van der Waals surface area contributed by atoms with Gasteiger partial charge in [-0.2, -0.15) is 0 Å². The molecule has 0 bridgehead atoms. The van der Waals surface area contributed by atoms with Crippen molar-refractivity contribution in [1.82, 2.24) is 19.9 Å². The highest BCUT2D eigenvalue weighted by molar-refractivity contribution is 9.10. The van der Waals surface area contributed by atoms with Crippen molar-refractivity contribution in [2.24, 2.45) is 0 Å². The molecule has 220 valence electrons. The Labute approximate surface area is 261 Å². The van der Waals surface area contributed by atoms with Crippen LogP contribution in [-0.4, -0.2) is 48.9 Å². The summed E-state index contributed by atoms with van der Waals surface area (Å²) in [5.74, 6) is -0.559. The number of aromatic amines is 2. The highest BCUT2D eigenvalue weighted by Crippen LogP contribution is 2.24. The molecular formula is C32H28BBrN6O4. The summed E-state index contributed by atoms with van der Waals surface area (Å²) in [7, 11) is -1.53. The number of nitrogens with one attached hydrogen (secondary N) is 4. The van der Waals surface area contributed by atoms with Crippen LogP contribution in [0.4, 0.5) is 11.4 Å². The van der Waals surface area contributed by atoms with Gasteiger partial charge in [0.15, 0.2) is 0 Å². The molecular weight excluding hydrogens is 623 g/mol. The molecule has 2 aromatic carbocycles. The number of hydrogen-bond acceptors (Lipinski definition) is 6. The Morgan fingerprint density at radius 3 is 1.93 bits per heavy atom. The molecule has 0 atom stereocenters. The van der Waals surface area contributed by atoms with Gasteiger partial charge in [-0.15, -0.1) is 0 Å². The second-order valence-corrected chi connectivity index (χ2v) is 10.1. The summed E-state index contributed by atoms with van der Waals surface area (Å²) >= 11 is 3.34. The molecule has 10 nitrogen and oxygen atoms in total. The Kier molecular flexibility index (Phi) is 11.0. The largest absolute Gasteiger partial charge is 0.488 e. The molecule has 2 amide bonds. The molecule has 44 heavy (non-hydrogen) atoms. The number of hydrogen-bond donors (Lipinski definition) is 6. The predicted molar refractivity (Wildman–Crippen MR) is 179 cm³/mol. The van der Waals surface area contributed by atoms with Gasteiger partial charge < -0.3 is 30.6 Å². The fraction of sp³-hybridized carbons (Fsp3) is 0. The van der Waals surface area contributed by atoms with Gasteiger partial charge in [-0.3, -0.25) is 9.59 Å². The molecule has 12 heteroatoms. The van der Waals surface area contributed by atoms with E-state index in [-0.39, 0.29) is 11.8 Å². The van der Waals surface area contributed by atoms with E-state index in [1.54, 1.807) is 24.4 Å². The standard InChI is InChI=1S/C16H13N3O.C9H10BNO3.C7H5BrN2/c1-2-15(20)19-14-5-3-4-11(9-14)13-8-12-6-7-17-16(12)18-10-13;1-2-9(12)11-8-5-3-4-7(6-8)10(13)14;8-6-3-5-1-2-9-7(5)10-4-6/h2-10H,1H2,(H,17,18)(H,19,20);2-6,13-14H,1H2,(H,11,12);1-4H,(H,9,10). The summed E-state index contributed by atoms with van der Waals surface area (Å²) in [5.41, 5.74) is 5.37. The number of pyridine rings is 2. The summed E-state index contributed by atoms with van der Waals surface area (Å²) in [4.78, 5) is 36.8. The predicted octanol–water partition coefficient (Wildman–Crippen LogP) is 5.17. The third-order valence-corrected chi connectivity index (χ3v) is 6.49. The molecule has 6 aromatic rings. The van der Waals surface area contributed by atoms with Crippen LogP contribution in [0.2, 0.25) is 0 Å². The Morgan fingerprint density at radius 2 is 1.32 bits per heavy atom. The van der Waals surface area contributed by atoms with Crippen LogP contribution in [0, 0.1) is 0 Å². The molecule has 0 unspecified atom stereocenters. The molecule has 0 fully saturated rings. The zero-order chi connectivity index (χ0) is 31.5. The lowest BCUT2D eigenvalue weighted by Crippen LogP contribution is -2.29. The number of fused-ring (bicyclic) bond motifs is 2. The van der Waals surface area contributed by atoms with Crippen molar-refractivity contribution in [3.63, 3.8) is 0 Å². The zero-order valence-corrected chi connectivity index (χ0v) is 25.0. The lowest BCUT2D eigenvalue weighted by Gasteiger charge is -2.06. The Hall–Kier alpha value is -5.30. The molecule has 0 saturated carbocycles. The van der Waals surface area contributed by atoms with E-state index in [0.717, 1.165) is 49.4 Å². The smallest absolute Gasteiger partial charge is 0.423 e. The maximum Gasteiger partial charge on any atom is 0.488 e. The maximum absolute atomic E-state index is 11.3. The second kappa shape index (κ2) is 15.3. The van der Waals surface area contributed by atoms with Crippen LogP contribution in [0.3, 0.4) is 0 Å². The fourth-order valence-corrected chi connectivity index (χ4v) is 4.30. The Morgan fingerprint density at radius 1 is 0.750 bits per heavy atom. The minimum absolute atomic E-state index is 0.221. The molecule has 4 aromatic heterocycles. The van der Waals surface area contributed by atoms with Crippen molar-refractivity contribution in [2.75, 3.05) is 10.6 Å². The number of rotatable bonds is 6. The molecule has 6 N–H and O–H groups in total. The number of carbonyl (C=O) groups excluding carboxylic acids is 2. The summed E-state index contributed by atoms with van der Waals surface area (Å²) in [5, 5.41) is 25.2. The average molecular weight is 651 g/mol. The summed E-state index contributed by atoms with van der Waals surface area (Å²) in [6, 6.07) is 22.0. The number of halogens is 1. The van der Waals surface area contributed by atoms with Gasteiger partial charge in [-0.05, 0) is 87.6 Å². The molecule has 0 aliphatic rings. The van der Waals surface area contributed by atoms with Crippen molar-refractivity contribution in [1.29, 1.82) is 0 Å². The molecule has 0 aliphatic heterocycles. The van der Waals surface area contributed by atoms with E-state index in [1.165, 1.54) is 12.1 Å². The summed E-state index contributed by atoms with van der Waals surface area (Å²) in [6.07, 6.45) is 9.72. The van der Waals surface area contributed by atoms with E-state index >= 15 is 0 Å². The SMILES string of the molecule is Brc1cnc2[nH]ccc2c1.C=CC(=O)Nc1cccc(-c2cnc3[nH]ccc3c2)c1.C=CC(=O)Nc1cccc(B(O)O)c1. The number of anilines is 2. The lowest BCUT2D eigenvalue weighted by atomic mass is 9.80. The number of nitrogens with zero attached hydrogens (tertiary/aromatic N) is 2. The Balaban J connectivity index is 0.000000160. The van der Waals surface area contributed by atoms with Crippen LogP contribution in [0.1, 0.15) is 0 Å². The van der Waals surface area contributed by atoms with Crippen LogP contribution >= 0.6 is 15.9 Å². The first-order valence-electron chi connectivity index (χ1n) is 13.2. The minimum Gasteiger partial charge on any atom is -0.423 e. The van der Waals surface area contributed by atoms with E-state index in [9.17, 15) is 9.59 Å². The van der Waals surface area contributed by atoms with Gasteiger partial charge in [-0.25, -0.2) is 9.97 Å². The molecule has 0 aliphatic carbocycles. The third kappa shape index (κ3) is 8.85. The molecule has 4 heterocycles. The highest BCUT2D eigenvalue weighted by atomic mass is 79.9. The van der Waals surface area contributed by atoms with Crippen LogP contribution in [-0.2, 0) is 9.59 Å². The lowest BCUT2D eigenvalue weighted by molar-refractivity contribution is -0.112. The van der Waals surface area contributed by atoms with Crippen molar-refractivity contribution in [3.05, 3.63) is 127 Å². The van der Waals surface area contributed by atoms with Gasteiger partial charge in [-0.1, -0.05) is 37.4 Å². The van der Waals surface area contributed by atoms with Gasteiger partial charge in [0.1, 0.15) is 11.3 Å². The van der Waals surface area contributed by atoms with Crippen molar-refractivity contribution < 1.29 is 19.6 Å². The zero-order valence-electron chi connectivity index (χ0n) is 23.4. The van der Waals surface area contributed by atoms with E-state index in [2.05, 4.69) is 65.7 Å². The van der Waals surface area contributed by atoms with Crippen LogP contribution in [0.15, 0.2) is 127 Å². The van der Waals surface area contributed by atoms with Gasteiger partial charge in [0.2, 0.25) is 11.8 Å². The first-order valence-corrected chi connectivity index (χ1v) is 14.0. The quantitative estimate of drug-likeness (QED) is 0.108. The maximum atomic E-state index is 11.3. The van der Waals surface area contributed by atoms with Gasteiger partial charge in [0.05, 0.1) is 0 Å². The number of aromatic nitrogens is 4. The molecule has 0 saturated heterocycles. The molecule has 0 spiro atoms. The summed E-state index contributed by atoms with van der Waals surface area (Å²) < 4.78 is 1.01.